The first-order valence-electron chi connectivity index (χ1n) is 4.51. The van der Waals surface area contributed by atoms with E-state index in [2.05, 4.69) is 15.9 Å². The lowest BCUT2D eigenvalue weighted by Crippen LogP contribution is -2.05. The molecule has 1 heterocycles. The molecule has 0 aromatic heterocycles. The summed E-state index contributed by atoms with van der Waals surface area (Å²) >= 11 is 3.15. The number of allylic oxidation sites excluding steroid dienone is 1. The lowest BCUT2D eigenvalue weighted by molar-refractivity contribution is 0.0941. The van der Waals surface area contributed by atoms with Gasteiger partial charge in [-0.2, -0.15) is 0 Å². The summed E-state index contributed by atoms with van der Waals surface area (Å²) < 4.78 is 18.4. The largest absolute Gasteiger partial charge is 0.489 e. The quantitative estimate of drug-likeness (QED) is 0.773. The standard InChI is InChI=1S/C11H8BrFO2/c12-9-6-7(13)3-4-8(9)11(14)10-2-1-5-15-10/h2-4,6H,1,5H2. The van der Waals surface area contributed by atoms with E-state index in [1.807, 2.05) is 0 Å². The maximum Gasteiger partial charge on any atom is 0.228 e. The van der Waals surface area contributed by atoms with Crippen molar-refractivity contribution < 1.29 is 13.9 Å². The van der Waals surface area contributed by atoms with E-state index in [1.165, 1.54) is 18.2 Å². The highest BCUT2D eigenvalue weighted by molar-refractivity contribution is 9.10. The first kappa shape index (κ1) is 10.4. The van der Waals surface area contributed by atoms with Crippen LogP contribution < -0.4 is 0 Å². The molecule has 0 saturated heterocycles. The van der Waals surface area contributed by atoms with Gasteiger partial charge in [-0.15, -0.1) is 0 Å². The summed E-state index contributed by atoms with van der Waals surface area (Å²) in [5, 5.41) is 0. The summed E-state index contributed by atoms with van der Waals surface area (Å²) in [5.41, 5.74) is 0.421. The van der Waals surface area contributed by atoms with Gasteiger partial charge >= 0.3 is 0 Å². The predicted octanol–water partition coefficient (Wildman–Crippen LogP) is 3.08. The van der Waals surface area contributed by atoms with Gasteiger partial charge in [0, 0.05) is 16.5 Å². The van der Waals surface area contributed by atoms with Crippen LogP contribution in [0.1, 0.15) is 16.8 Å². The van der Waals surface area contributed by atoms with Gasteiger partial charge in [-0.25, -0.2) is 4.39 Å². The van der Waals surface area contributed by atoms with Crippen LogP contribution in [0.5, 0.6) is 0 Å². The molecular formula is C11H8BrFO2. The Hall–Kier alpha value is -1.16. The number of ether oxygens (including phenoxy) is 1. The van der Waals surface area contributed by atoms with Crippen molar-refractivity contribution in [2.45, 2.75) is 6.42 Å². The summed E-state index contributed by atoms with van der Waals surface area (Å²) in [7, 11) is 0. The molecule has 0 radical (unpaired) electrons. The Bertz CT molecular complexity index is 440. The van der Waals surface area contributed by atoms with Gasteiger partial charge in [0.2, 0.25) is 5.78 Å². The molecule has 4 heteroatoms. The fourth-order valence-electron chi connectivity index (χ4n) is 1.38. The van der Waals surface area contributed by atoms with Crippen LogP contribution in [-0.2, 0) is 4.74 Å². The molecule has 1 aromatic carbocycles. The fraction of sp³-hybridized carbons (Fsp3) is 0.182. The van der Waals surface area contributed by atoms with Gasteiger partial charge in [0.25, 0.3) is 0 Å². The molecule has 15 heavy (non-hydrogen) atoms. The molecular weight excluding hydrogens is 263 g/mol. The molecule has 0 saturated carbocycles. The van der Waals surface area contributed by atoms with E-state index in [0.29, 0.717) is 22.4 Å². The van der Waals surface area contributed by atoms with E-state index in [1.54, 1.807) is 6.08 Å². The number of halogens is 2. The zero-order valence-corrected chi connectivity index (χ0v) is 9.38. The average Bonchev–Trinajstić information content (AvgIpc) is 2.69. The molecule has 0 N–H and O–H groups in total. The van der Waals surface area contributed by atoms with Crippen molar-refractivity contribution >= 4 is 21.7 Å². The molecule has 0 atom stereocenters. The van der Waals surface area contributed by atoms with E-state index in [-0.39, 0.29) is 11.6 Å². The van der Waals surface area contributed by atoms with E-state index in [9.17, 15) is 9.18 Å². The monoisotopic (exact) mass is 270 g/mol. The summed E-state index contributed by atoms with van der Waals surface area (Å²) in [4.78, 5) is 11.8. The minimum Gasteiger partial charge on any atom is -0.489 e. The number of Topliss-reactive ketones (excluding diaryl/α,β-unsaturated/α-hetero) is 1. The van der Waals surface area contributed by atoms with Crippen LogP contribution >= 0.6 is 15.9 Å². The minimum absolute atomic E-state index is 0.209. The zero-order chi connectivity index (χ0) is 10.8. The molecule has 0 fully saturated rings. The summed E-state index contributed by atoms with van der Waals surface area (Å²) in [6.45, 7) is 0.542. The van der Waals surface area contributed by atoms with E-state index in [4.69, 9.17) is 4.74 Å². The number of carbonyl (C=O) groups is 1. The topological polar surface area (TPSA) is 26.3 Å². The Balaban J connectivity index is 2.33. The Morgan fingerprint density at radius 2 is 2.27 bits per heavy atom. The van der Waals surface area contributed by atoms with Gasteiger partial charge in [0.15, 0.2) is 5.76 Å². The molecule has 1 aliphatic rings. The second kappa shape index (κ2) is 4.14. The maximum atomic E-state index is 12.8. The Labute approximate surface area is 94.9 Å². The third-order valence-corrected chi connectivity index (χ3v) is 2.76. The van der Waals surface area contributed by atoms with Crippen molar-refractivity contribution in [3.63, 3.8) is 0 Å². The molecule has 2 rings (SSSR count). The normalized spacial score (nSPS) is 14.7. The molecule has 0 unspecified atom stereocenters. The fourth-order valence-corrected chi connectivity index (χ4v) is 1.91. The third kappa shape index (κ3) is 2.09. The zero-order valence-electron chi connectivity index (χ0n) is 7.80. The van der Waals surface area contributed by atoms with Gasteiger partial charge in [-0.3, -0.25) is 4.79 Å². The van der Waals surface area contributed by atoms with Crippen LogP contribution in [0.2, 0.25) is 0 Å². The van der Waals surface area contributed by atoms with Gasteiger partial charge in [-0.05, 0) is 40.2 Å². The maximum absolute atomic E-state index is 12.8. The van der Waals surface area contributed by atoms with E-state index < -0.39 is 0 Å². The highest BCUT2D eigenvalue weighted by atomic mass is 79.9. The number of carbonyl (C=O) groups excluding carboxylic acids is 1. The van der Waals surface area contributed by atoms with Crippen molar-refractivity contribution in [2.75, 3.05) is 6.61 Å². The number of hydrogen-bond donors (Lipinski definition) is 0. The van der Waals surface area contributed by atoms with Gasteiger partial charge in [-0.1, -0.05) is 0 Å². The number of ketones is 1. The lowest BCUT2D eigenvalue weighted by Gasteiger charge is -2.04. The van der Waals surface area contributed by atoms with Crippen molar-refractivity contribution in [2.24, 2.45) is 0 Å². The van der Waals surface area contributed by atoms with Crippen LogP contribution in [0.3, 0.4) is 0 Å². The number of hydrogen-bond acceptors (Lipinski definition) is 2. The molecule has 78 valence electrons. The highest BCUT2D eigenvalue weighted by Gasteiger charge is 2.19. The molecule has 1 aromatic rings. The smallest absolute Gasteiger partial charge is 0.228 e. The number of rotatable bonds is 2. The van der Waals surface area contributed by atoms with Gasteiger partial charge < -0.3 is 4.74 Å². The van der Waals surface area contributed by atoms with Crippen LogP contribution in [0.25, 0.3) is 0 Å². The van der Waals surface area contributed by atoms with Crippen molar-refractivity contribution in [1.29, 1.82) is 0 Å². The average molecular weight is 271 g/mol. The van der Waals surface area contributed by atoms with Crippen LogP contribution in [0.15, 0.2) is 34.5 Å². The summed E-state index contributed by atoms with van der Waals surface area (Å²) in [6.07, 6.45) is 2.50. The first-order chi connectivity index (χ1) is 7.18. The van der Waals surface area contributed by atoms with E-state index in [0.717, 1.165) is 6.42 Å². The van der Waals surface area contributed by atoms with Gasteiger partial charge in [0.05, 0.1) is 6.61 Å². The summed E-state index contributed by atoms with van der Waals surface area (Å²) in [6, 6.07) is 3.97. The lowest BCUT2D eigenvalue weighted by atomic mass is 10.1. The highest BCUT2D eigenvalue weighted by Crippen LogP contribution is 2.23. The van der Waals surface area contributed by atoms with Crippen molar-refractivity contribution in [1.82, 2.24) is 0 Å². The Morgan fingerprint density at radius 1 is 1.47 bits per heavy atom. The first-order valence-corrected chi connectivity index (χ1v) is 5.30. The van der Waals surface area contributed by atoms with Crippen molar-refractivity contribution in [3.05, 3.63) is 45.9 Å². The molecule has 2 nitrogen and oxygen atoms in total. The minimum atomic E-state index is -0.375. The van der Waals surface area contributed by atoms with Crippen LogP contribution in [0, 0.1) is 5.82 Å². The number of benzene rings is 1. The second-order valence-electron chi connectivity index (χ2n) is 3.16. The molecule has 0 spiro atoms. The SMILES string of the molecule is O=C(C1=CCCO1)c1ccc(F)cc1Br. The predicted molar refractivity (Wildman–Crippen MR) is 57.1 cm³/mol. The van der Waals surface area contributed by atoms with Gasteiger partial charge in [0.1, 0.15) is 5.82 Å². The molecule has 0 amide bonds. The van der Waals surface area contributed by atoms with Crippen LogP contribution in [0.4, 0.5) is 4.39 Å². The molecule has 0 bridgehead atoms. The molecule has 0 aliphatic carbocycles. The summed E-state index contributed by atoms with van der Waals surface area (Å²) in [5.74, 6) is -0.235. The molecule has 1 aliphatic heterocycles. The Morgan fingerprint density at radius 3 is 2.87 bits per heavy atom. The van der Waals surface area contributed by atoms with E-state index >= 15 is 0 Å². The second-order valence-corrected chi connectivity index (χ2v) is 4.01. The third-order valence-electron chi connectivity index (χ3n) is 2.10. The Kier molecular flexibility index (Phi) is 2.86. The van der Waals surface area contributed by atoms with Crippen molar-refractivity contribution in [3.8, 4) is 0 Å². The van der Waals surface area contributed by atoms with Crippen LogP contribution in [-0.4, -0.2) is 12.4 Å².